The SMILES string of the molecule is CC[C@@H](CCNC(=O)C12CC3CC(CC(C3)C1)C2)NC(=O)C12CC3CC(CC(C3)C1)C2. The fourth-order valence-corrected chi connectivity index (χ4v) is 10.0. The van der Waals surface area contributed by atoms with E-state index in [9.17, 15) is 9.59 Å². The number of rotatable bonds is 7. The summed E-state index contributed by atoms with van der Waals surface area (Å²) in [7, 11) is 0. The molecule has 8 bridgehead atoms. The zero-order chi connectivity index (χ0) is 21.2. The maximum atomic E-state index is 13.4. The molecule has 0 saturated heterocycles. The Morgan fingerprint density at radius 3 is 1.48 bits per heavy atom. The summed E-state index contributed by atoms with van der Waals surface area (Å²) in [5.41, 5.74) is -0.122. The number of nitrogens with one attached hydrogen (secondary N) is 2. The summed E-state index contributed by atoms with van der Waals surface area (Å²) < 4.78 is 0. The highest BCUT2D eigenvalue weighted by Crippen LogP contribution is 2.61. The lowest BCUT2D eigenvalue weighted by Crippen LogP contribution is -2.55. The van der Waals surface area contributed by atoms with Crippen LogP contribution in [0.25, 0.3) is 0 Å². The van der Waals surface area contributed by atoms with Gasteiger partial charge in [-0.1, -0.05) is 6.92 Å². The van der Waals surface area contributed by atoms with Gasteiger partial charge in [0, 0.05) is 23.4 Å². The normalized spacial score (nSPS) is 47.4. The van der Waals surface area contributed by atoms with Gasteiger partial charge >= 0.3 is 0 Å². The van der Waals surface area contributed by atoms with Gasteiger partial charge in [-0.05, 0) is 125 Å². The molecule has 0 heterocycles. The third kappa shape index (κ3) is 3.55. The Morgan fingerprint density at radius 2 is 1.10 bits per heavy atom. The summed E-state index contributed by atoms with van der Waals surface area (Å²) in [5.74, 6) is 5.49. The van der Waals surface area contributed by atoms with Gasteiger partial charge in [-0.15, -0.1) is 0 Å². The van der Waals surface area contributed by atoms with Gasteiger partial charge in [-0.3, -0.25) is 9.59 Å². The van der Waals surface area contributed by atoms with Crippen LogP contribution in [-0.4, -0.2) is 24.4 Å². The molecule has 4 nitrogen and oxygen atoms in total. The molecule has 2 N–H and O–H groups in total. The largest absolute Gasteiger partial charge is 0.356 e. The second-order valence-corrected chi connectivity index (χ2v) is 13.0. The number of hydrogen-bond donors (Lipinski definition) is 2. The van der Waals surface area contributed by atoms with Crippen molar-refractivity contribution in [3.63, 3.8) is 0 Å². The van der Waals surface area contributed by atoms with Crippen LogP contribution in [-0.2, 0) is 9.59 Å². The zero-order valence-corrected chi connectivity index (χ0v) is 19.5. The molecule has 172 valence electrons. The van der Waals surface area contributed by atoms with Gasteiger partial charge in [0.25, 0.3) is 0 Å². The summed E-state index contributed by atoms with van der Waals surface area (Å²) in [6.45, 7) is 2.88. The molecule has 0 aromatic heterocycles. The zero-order valence-electron chi connectivity index (χ0n) is 19.5. The van der Waals surface area contributed by atoms with Crippen LogP contribution in [0.4, 0.5) is 0 Å². The molecule has 0 aliphatic heterocycles. The molecule has 4 heteroatoms. The Labute approximate surface area is 188 Å². The average molecular weight is 427 g/mol. The van der Waals surface area contributed by atoms with Crippen molar-refractivity contribution in [2.24, 2.45) is 46.3 Å². The summed E-state index contributed by atoms with van der Waals surface area (Å²) in [6.07, 6.45) is 16.8. The summed E-state index contributed by atoms with van der Waals surface area (Å²) in [5, 5.41) is 6.77. The smallest absolute Gasteiger partial charge is 0.226 e. The number of carbonyl (C=O) groups is 2. The molecule has 0 spiro atoms. The molecule has 0 aromatic carbocycles. The van der Waals surface area contributed by atoms with E-state index in [4.69, 9.17) is 0 Å². The Bertz CT molecular complexity index is 673. The van der Waals surface area contributed by atoms with Crippen molar-refractivity contribution >= 4 is 11.8 Å². The van der Waals surface area contributed by atoms with Crippen LogP contribution >= 0.6 is 0 Å². The minimum absolute atomic E-state index is 0.0566. The Balaban J connectivity index is 1.02. The quantitative estimate of drug-likeness (QED) is 0.613. The van der Waals surface area contributed by atoms with Crippen LogP contribution in [0.2, 0.25) is 0 Å². The van der Waals surface area contributed by atoms with Crippen LogP contribution in [0.3, 0.4) is 0 Å². The van der Waals surface area contributed by atoms with Gasteiger partial charge in [-0.2, -0.15) is 0 Å². The molecular weight excluding hydrogens is 384 g/mol. The fourth-order valence-electron chi connectivity index (χ4n) is 10.0. The van der Waals surface area contributed by atoms with Crippen molar-refractivity contribution in [3.8, 4) is 0 Å². The van der Waals surface area contributed by atoms with Gasteiger partial charge < -0.3 is 10.6 Å². The van der Waals surface area contributed by atoms with Crippen molar-refractivity contribution in [1.29, 1.82) is 0 Å². The lowest BCUT2D eigenvalue weighted by molar-refractivity contribution is -0.147. The van der Waals surface area contributed by atoms with Gasteiger partial charge in [0.2, 0.25) is 11.8 Å². The van der Waals surface area contributed by atoms with Crippen molar-refractivity contribution in [1.82, 2.24) is 10.6 Å². The maximum Gasteiger partial charge on any atom is 0.226 e. The predicted octanol–water partition coefficient (Wildman–Crippen LogP) is 4.82. The van der Waals surface area contributed by atoms with Crippen molar-refractivity contribution < 1.29 is 9.59 Å². The van der Waals surface area contributed by atoms with Crippen molar-refractivity contribution in [2.45, 2.75) is 103 Å². The minimum atomic E-state index is -0.0649. The molecule has 0 radical (unpaired) electrons. The first-order chi connectivity index (χ1) is 15.0. The lowest BCUT2D eigenvalue weighted by Gasteiger charge is -2.56. The lowest BCUT2D eigenvalue weighted by atomic mass is 9.49. The van der Waals surface area contributed by atoms with E-state index in [2.05, 4.69) is 17.6 Å². The molecule has 8 aliphatic carbocycles. The first kappa shape index (κ1) is 20.5. The Hall–Kier alpha value is -1.06. The van der Waals surface area contributed by atoms with Crippen molar-refractivity contribution in [3.05, 3.63) is 0 Å². The van der Waals surface area contributed by atoms with Crippen LogP contribution < -0.4 is 10.6 Å². The average Bonchev–Trinajstić information content (AvgIpc) is 2.70. The second-order valence-electron chi connectivity index (χ2n) is 13.0. The molecular formula is C27H42N2O2. The van der Waals surface area contributed by atoms with E-state index in [0.29, 0.717) is 18.4 Å². The van der Waals surface area contributed by atoms with Gasteiger partial charge in [0.1, 0.15) is 0 Å². The first-order valence-electron chi connectivity index (χ1n) is 13.5. The van der Waals surface area contributed by atoms with Crippen LogP contribution in [0.1, 0.15) is 96.8 Å². The number of hydrogen-bond acceptors (Lipinski definition) is 2. The summed E-state index contributed by atoms with van der Waals surface area (Å²) in [4.78, 5) is 26.6. The maximum absolute atomic E-state index is 13.4. The van der Waals surface area contributed by atoms with E-state index in [1.165, 1.54) is 38.5 Å². The van der Waals surface area contributed by atoms with Crippen LogP contribution in [0.5, 0.6) is 0 Å². The number of amides is 2. The van der Waals surface area contributed by atoms with E-state index >= 15 is 0 Å². The Kier molecular flexibility index (Phi) is 4.96. The predicted molar refractivity (Wildman–Crippen MR) is 121 cm³/mol. The first-order valence-corrected chi connectivity index (χ1v) is 13.5. The van der Waals surface area contributed by atoms with E-state index in [0.717, 1.165) is 86.9 Å². The number of carbonyl (C=O) groups excluding carboxylic acids is 2. The molecule has 0 aromatic rings. The fraction of sp³-hybridized carbons (Fsp3) is 0.926. The molecule has 8 rings (SSSR count). The molecule has 31 heavy (non-hydrogen) atoms. The van der Waals surface area contributed by atoms with E-state index < -0.39 is 0 Å². The molecule has 8 fully saturated rings. The highest BCUT2D eigenvalue weighted by atomic mass is 16.2. The highest BCUT2D eigenvalue weighted by molar-refractivity contribution is 5.84. The summed E-state index contributed by atoms with van der Waals surface area (Å²) >= 11 is 0. The minimum Gasteiger partial charge on any atom is -0.356 e. The summed E-state index contributed by atoms with van der Waals surface area (Å²) in [6, 6.07) is 0.192. The molecule has 1 atom stereocenters. The van der Waals surface area contributed by atoms with Gasteiger partial charge in [-0.25, -0.2) is 0 Å². The van der Waals surface area contributed by atoms with E-state index in [-0.39, 0.29) is 16.9 Å². The third-order valence-electron chi connectivity index (χ3n) is 10.6. The van der Waals surface area contributed by atoms with Crippen LogP contribution in [0, 0.1) is 46.3 Å². The van der Waals surface area contributed by atoms with Crippen molar-refractivity contribution in [2.75, 3.05) is 6.54 Å². The third-order valence-corrected chi connectivity index (χ3v) is 10.6. The van der Waals surface area contributed by atoms with E-state index in [1.54, 1.807) is 0 Å². The van der Waals surface area contributed by atoms with Crippen LogP contribution in [0.15, 0.2) is 0 Å². The van der Waals surface area contributed by atoms with Gasteiger partial charge in [0.05, 0.1) is 0 Å². The topological polar surface area (TPSA) is 58.2 Å². The molecule has 2 amide bonds. The monoisotopic (exact) mass is 426 g/mol. The molecule has 8 saturated carbocycles. The second kappa shape index (κ2) is 7.48. The van der Waals surface area contributed by atoms with E-state index in [1.807, 2.05) is 0 Å². The van der Waals surface area contributed by atoms with Gasteiger partial charge in [0.15, 0.2) is 0 Å². The molecule has 8 aliphatic rings. The Morgan fingerprint density at radius 1 is 0.710 bits per heavy atom. The standard InChI is InChI=1S/C27H42N2O2/c1-2-23(29-25(31)27-14-20-8-21(15-27)10-22(9-20)16-27)3-4-28-24(30)26-11-17-5-18(12-26)7-19(6-17)13-26/h17-23H,2-16H2,1H3,(H,28,30)(H,29,31)/t17?,18?,19?,20?,21?,22?,23-,26?,27?/m0/s1. The highest BCUT2D eigenvalue weighted by Gasteiger charge is 2.55. The molecule has 0 unspecified atom stereocenters.